The standard InChI is InChI=1S/C20H24N2O2S/c1-18(20-10-6-3-7-11-20)21-13-15-22(16-14-21)25(23,24)17-12-19-8-4-2-5-9-19/h2-12,17-18H,13-16H2,1H3/b17-12+/t18-/m0/s1. The van der Waals surface area contributed by atoms with Gasteiger partial charge < -0.3 is 0 Å². The SMILES string of the molecule is C[C@@H](c1ccccc1)N1CCN(S(=O)(=O)/C=C/c2ccccc2)CC1. The molecule has 0 spiro atoms. The second-order valence-corrected chi connectivity index (χ2v) is 8.10. The Morgan fingerprint density at radius 1 is 0.880 bits per heavy atom. The molecule has 0 saturated carbocycles. The zero-order chi connectivity index (χ0) is 17.7. The highest BCUT2D eigenvalue weighted by Crippen LogP contribution is 2.22. The number of hydrogen-bond acceptors (Lipinski definition) is 3. The minimum absolute atomic E-state index is 0.297. The van der Waals surface area contributed by atoms with Crippen molar-refractivity contribution in [1.29, 1.82) is 0 Å². The lowest BCUT2D eigenvalue weighted by atomic mass is 10.1. The molecule has 0 unspecified atom stereocenters. The summed E-state index contributed by atoms with van der Waals surface area (Å²) in [7, 11) is -3.37. The van der Waals surface area contributed by atoms with Crippen LogP contribution in [0, 0.1) is 0 Å². The van der Waals surface area contributed by atoms with Gasteiger partial charge in [-0.05, 0) is 24.1 Å². The molecule has 1 saturated heterocycles. The Bertz CT molecular complexity index is 796. The van der Waals surface area contributed by atoms with Crippen LogP contribution in [0.25, 0.3) is 6.08 Å². The first-order valence-corrected chi connectivity index (χ1v) is 10.1. The lowest BCUT2D eigenvalue weighted by molar-refractivity contribution is 0.146. The lowest BCUT2D eigenvalue weighted by Crippen LogP contribution is -2.48. The van der Waals surface area contributed by atoms with Crippen molar-refractivity contribution >= 4 is 16.1 Å². The smallest absolute Gasteiger partial charge is 0.236 e. The van der Waals surface area contributed by atoms with Crippen molar-refractivity contribution in [1.82, 2.24) is 9.21 Å². The number of benzene rings is 2. The van der Waals surface area contributed by atoms with E-state index in [2.05, 4.69) is 24.0 Å². The molecule has 2 aromatic carbocycles. The molecule has 1 atom stereocenters. The van der Waals surface area contributed by atoms with Crippen LogP contribution >= 0.6 is 0 Å². The molecule has 0 radical (unpaired) electrons. The topological polar surface area (TPSA) is 40.6 Å². The van der Waals surface area contributed by atoms with Gasteiger partial charge in [0.25, 0.3) is 0 Å². The first kappa shape index (κ1) is 17.9. The van der Waals surface area contributed by atoms with Gasteiger partial charge in [0.1, 0.15) is 0 Å². The summed E-state index contributed by atoms with van der Waals surface area (Å²) in [5.41, 5.74) is 2.16. The minimum atomic E-state index is -3.37. The number of nitrogens with zero attached hydrogens (tertiary/aromatic N) is 2. The fourth-order valence-corrected chi connectivity index (χ4v) is 4.28. The highest BCUT2D eigenvalue weighted by molar-refractivity contribution is 7.92. The lowest BCUT2D eigenvalue weighted by Gasteiger charge is -2.37. The normalized spacial score (nSPS) is 18.4. The monoisotopic (exact) mass is 356 g/mol. The number of rotatable bonds is 5. The van der Waals surface area contributed by atoms with E-state index in [1.165, 1.54) is 11.0 Å². The van der Waals surface area contributed by atoms with E-state index in [1.54, 1.807) is 10.4 Å². The van der Waals surface area contributed by atoms with Gasteiger partial charge in [-0.2, -0.15) is 4.31 Å². The Morgan fingerprint density at radius 3 is 2.04 bits per heavy atom. The van der Waals surface area contributed by atoms with Crippen molar-refractivity contribution in [2.75, 3.05) is 26.2 Å². The van der Waals surface area contributed by atoms with E-state index in [9.17, 15) is 8.42 Å². The van der Waals surface area contributed by atoms with Crippen molar-refractivity contribution in [2.45, 2.75) is 13.0 Å². The maximum Gasteiger partial charge on any atom is 0.236 e. The van der Waals surface area contributed by atoms with Gasteiger partial charge in [-0.1, -0.05) is 60.7 Å². The Hall–Kier alpha value is -1.95. The van der Waals surface area contributed by atoms with Crippen LogP contribution in [0.1, 0.15) is 24.1 Å². The van der Waals surface area contributed by atoms with Crippen LogP contribution in [-0.4, -0.2) is 43.8 Å². The van der Waals surface area contributed by atoms with Gasteiger partial charge in [0.05, 0.1) is 0 Å². The average molecular weight is 356 g/mol. The van der Waals surface area contributed by atoms with Gasteiger partial charge in [0.2, 0.25) is 10.0 Å². The predicted octanol–water partition coefficient (Wildman–Crippen LogP) is 3.37. The van der Waals surface area contributed by atoms with E-state index in [0.717, 1.165) is 18.7 Å². The number of sulfonamides is 1. The van der Waals surface area contributed by atoms with E-state index in [1.807, 2.05) is 48.5 Å². The van der Waals surface area contributed by atoms with Gasteiger partial charge in [-0.3, -0.25) is 4.90 Å². The Balaban J connectivity index is 1.60. The van der Waals surface area contributed by atoms with E-state index >= 15 is 0 Å². The molecule has 0 bridgehead atoms. The van der Waals surface area contributed by atoms with E-state index in [-0.39, 0.29) is 0 Å². The molecule has 25 heavy (non-hydrogen) atoms. The third-order valence-corrected chi connectivity index (χ3v) is 6.26. The van der Waals surface area contributed by atoms with Gasteiger partial charge in [0.15, 0.2) is 0 Å². The second kappa shape index (κ2) is 7.95. The Kier molecular flexibility index (Phi) is 5.68. The van der Waals surface area contributed by atoms with Crippen molar-refractivity contribution in [3.8, 4) is 0 Å². The van der Waals surface area contributed by atoms with Crippen LogP contribution in [0.2, 0.25) is 0 Å². The van der Waals surface area contributed by atoms with Gasteiger partial charge in [-0.15, -0.1) is 0 Å². The molecule has 1 fully saturated rings. The quantitative estimate of drug-likeness (QED) is 0.825. The molecular formula is C20H24N2O2S. The molecule has 5 heteroatoms. The summed E-state index contributed by atoms with van der Waals surface area (Å²) in [6.07, 6.45) is 1.66. The molecule has 0 aromatic heterocycles. The summed E-state index contributed by atoms with van der Waals surface area (Å²) in [5, 5.41) is 1.32. The summed E-state index contributed by atoms with van der Waals surface area (Å²) in [4.78, 5) is 2.34. The first-order chi connectivity index (χ1) is 12.1. The van der Waals surface area contributed by atoms with Crippen LogP contribution in [0.15, 0.2) is 66.1 Å². The summed E-state index contributed by atoms with van der Waals surface area (Å²) < 4.78 is 26.6. The van der Waals surface area contributed by atoms with Crippen molar-refractivity contribution in [3.63, 3.8) is 0 Å². The second-order valence-electron chi connectivity index (χ2n) is 6.28. The van der Waals surface area contributed by atoms with E-state index < -0.39 is 10.0 Å². The molecule has 2 aromatic rings. The van der Waals surface area contributed by atoms with Crippen LogP contribution in [0.5, 0.6) is 0 Å². The molecule has 1 aliphatic heterocycles. The summed E-state index contributed by atoms with van der Waals surface area (Å²) >= 11 is 0. The molecule has 4 nitrogen and oxygen atoms in total. The predicted molar refractivity (Wildman–Crippen MR) is 102 cm³/mol. The zero-order valence-electron chi connectivity index (χ0n) is 14.5. The molecular weight excluding hydrogens is 332 g/mol. The van der Waals surface area contributed by atoms with Gasteiger partial charge in [0, 0.05) is 37.6 Å². The van der Waals surface area contributed by atoms with Crippen LogP contribution < -0.4 is 0 Å². The summed E-state index contributed by atoms with van der Waals surface area (Å²) in [6.45, 7) is 4.72. The van der Waals surface area contributed by atoms with Crippen molar-refractivity contribution in [2.24, 2.45) is 0 Å². The van der Waals surface area contributed by atoms with Gasteiger partial charge >= 0.3 is 0 Å². The maximum atomic E-state index is 12.5. The zero-order valence-corrected chi connectivity index (χ0v) is 15.3. The fourth-order valence-electron chi connectivity index (χ4n) is 3.10. The van der Waals surface area contributed by atoms with Crippen LogP contribution in [0.4, 0.5) is 0 Å². The Morgan fingerprint density at radius 2 is 1.44 bits per heavy atom. The van der Waals surface area contributed by atoms with E-state index in [0.29, 0.717) is 19.1 Å². The van der Waals surface area contributed by atoms with Crippen molar-refractivity contribution in [3.05, 3.63) is 77.2 Å². The number of piperazine rings is 1. The minimum Gasteiger partial charge on any atom is -0.294 e. The third-order valence-electron chi connectivity index (χ3n) is 4.69. The largest absolute Gasteiger partial charge is 0.294 e. The number of hydrogen-bond donors (Lipinski definition) is 0. The summed E-state index contributed by atoms with van der Waals surface area (Å²) in [6, 6.07) is 20.1. The van der Waals surface area contributed by atoms with Crippen LogP contribution in [-0.2, 0) is 10.0 Å². The highest BCUT2D eigenvalue weighted by Gasteiger charge is 2.27. The van der Waals surface area contributed by atoms with Crippen LogP contribution in [0.3, 0.4) is 0 Å². The molecule has 1 heterocycles. The molecule has 0 N–H and O–H groups in total. The highest BCUT2D eigenvalue weighted by atomic mass is 32.2. The Labute approximate surface area is 150 Å². The third kappa shape index (κ3) is 4.57. The molecule has 0 aliphatic carbocycles. The average Bonchev–Trinajstić information content (AvgIpc) is 2.67. The molecule has 3 rings (SSSR count). The maximum absolute atomic E-state index is 12.5. The molecule has 1 aliphatic rings. The summed E-state index contributed by atoms with van der Waals surface area (Å²) in [5.74, 6) is 0. The van der Waals surface area contributed by atoms with Gasteiger partial charge in [-0.25, -0.2) is 8.42 Å². The fraction of sp³-hybridized carbons (Fsp3) is 0.300. The van der Waals surface area contributed by atoms with E-state index in [4.69, 9.17) is 0 Å². The van der Waals surface area contributed by atoms with Crippen molar-refractivity contribution < 1.29 is 8.42 Å². The first-order valence-electron chi connectivity index (χ1n) is 8.58. The molecule has 0 amide bonds. The molecule has 132 valence electrons.